The highest BCUT2D eigenvalue weighted by Crippen LogP contribution is 2.03. The van der Waals surface area contributed by atoms with Gasteiger partial charge in [0.15, 0.2) is 0 Å². The Morgan fingerprint density at radius 2 is 1.82 bits per heavy atom. The normalized spacial score (nSPS) is 10.4. The Labute approximate surface area is 114 Å². The van der Waals surface area contributed by atoms with Gasteiger partial charge in [-0.3, -0.25) is 4.79 Å². The van der Waals surface area contributed by atoms with Crippen LogP contribution in [0.15, 0.2) is 53.5 Å². The Morgan fingerprint density at radius 1 is 1.06 bits per heavy atom. The van der Waals surface area contributed by atoms with Crippen LogP contribution in [-0.4, -0.2) is 4.57 Å². The topological polar surface area (TPSA) is 22.0 Å². The van der Waals surface area contributed by atoms with E-state index in [1.807, 2.05) is 36.5 Å². The zero-order chi connectivity index (χ0) is 12.1. The van der Waals surface area contributed by atoms with Crippen LogP contribution in [0.3, 0.4) is 0 Å². The minimum absolute atomic E-state index is 0.112. The van der Waals surface area contributed by atoms with Crippen molar-refractivity contribution < 1.29 is 0 Å². The number of hydrogen-bond donors (Lipinski definition) is 0. The van der Waals surface area contributed by atoms with E-state index in [0.717, 1.165) is 23.0 Å². The first-order valence-electron chi connectivity index (χ1n) is 5.66. The van der Waals surface area contributed by atoms with E-state index in [0.29, 0.717) is 0 Å². The minimum atomic E-state index is 0.112. The summed E-state index contributed by atoms with van der Waals surface area (Å²) in [7, 11) is 0. The maximum absolute atomic E-state index is 11.8. The smallest absolute Gasteiger partial charge is 0.263 e. The van der Waals surface area contributed by atoms with E-state index in [1.165, 1.54) is 5.56 Å². The van der Waals surface area contributed by atoms with Gasteiger partial charge in [0.1, 0.15) is 0 Å². The molecule has 0 saturated carbocycles. The molecule has 88 valence electrons. The first kappa shape index (κ1) is 12.4. The Balaban J connectivity index is 1.95. The van der Waals surface area contributed by atoms with Crippen LogP contribution >= 0.6 is 22.6 Å². The van der Waals surface area contributed by atoms with E-state index in [4.69, 9.17) is 0 Å². The van der Waals surface area contributed by atoms with Gasteiger partial charge in [-0.05, 0) is 53.1 Å². The third-order valence-electron chi connectivity index (χ3n) is 2.68. The van der Waals surface area contributed by atoms with Crippen LogP contribution in [0.2, 0.25) is 0 Å². The first-order valence-corrected chi connectivity index (χ1v) is 6.74. The lowest BCUT2D eigenvalue weighted by molar-refractivity contribution is 0.620. The van der Waals surface area contributed by atoms with Crippen molar-refractivity contribution in [3.63, 3.8) is 0 Å². The lowest BCUT2D eigenvalue weighted by Crippen LogP contribution is -2.21. The lowest BCUT2D eigenvalue weighted by atomic mass is 10.1. The monoisotopic (exact) mass is 339 g/mol. The Kier molecular flexibility index (Phi) is 4.36. The van der Waals surface area contributed by atoms with Gasteiger partial charge in [-0.15, -0.1) is 0 Å². The van der Waals surface area contributed by atoms with Gasteiger partial charge >= 0.3 is 0 Å². The number of aryl methyl sites for hydroxylation is 2. The van der Waals surface area contributed by atoms with E-state index in [1.54, 1.807) is 4.57 Å². The molecular formula is C14H14INO. The zero-order valence-corrected chi connectivity index (χ0v) is 11.6. The van der Waals surface area contributed by atoms with Gasteiger partial charge in [0, 0.05) is 12.7 Å². The molecule has 0 amide bonds. The lowest BCUT2D eigenvalue weighted by Gasteiger charge is -2.05. The summed E-state index contributed by atoms with van der Waals surface area (Å²) in [5, 5.41) is 0. The van der Waals surface area contributed by atoms with Crippen molar-refractivity contribution in [2.24, 2.45) is 0 Å². The summed E-state index contributed by atoms with van der Waals surface area (Å²) in [5.41, 5.74) is 1.44. The Morgan fingerprint density at radius 3 is 2.59 bits per heavy atom. The van der Waals surface area contributed by atoms with Crippen LogP contribution in [0.25, 0.3) is 0 Å². The Hall–Kier alpha value is -1.10. The quantitative estimate of drug-likeness (QED) is 0.785. The van der Waals surface area contributed by atoms with Crippen molar-refractivity contribution in [1.82, 2.24) is 4.57 Å². The zero-order valence-electron chi connectivity index (χ0n) is 9.47. The average Bonchev–Trinajstić information content (AvgIpc) is 2.36. The van der Waals surface area contributed by atoms with Crippen LogP contribution in [0.5, 0.6) is 0 Å². The highest BCUT2D eigenvalue weighted by molar-refractivity contribution is 14.1. The highest BCUT2D eigenvalue weighted by Gasteiger charge is 1.99. The number of hydrogen-bond acceptors (Lipinski definition) is 1. The molecule has 0 saturated heterocycles. The molecule has 3 heteroatoms. The van der Waals surface area contributed by atoms with Gasteiger partial charge in [-0.1, -0.05) is 30.3 Å². The third kappa shape index (κ3) is 3.43. The van der Waals surface area contributed by atoms with Crippen molar-refractivity contribution in [1.29, 1.82) is 0 Å². The largest absolute Gasteiger partial charge is 0.315 e. The van der Waals surface area contributed by atoms with Gasteiger partial charge in [0.05, 0.1) is 3.57 Å². The number of nitrogens with zero attached hydrogens (tertiary/aromatic N) is 1. The molecule has 2 aromatic rings. The predicted molar refractivity (Wildman–Crippen MR) is 78.2 cm³/mol. The van der Waals surface area contributed by atoms with E-state index in [-0.39, 0.29) is 5.56 Å². The molecule has 0 atom stereocenters. The van der Waals surface area contributed by atoms with Gasteiger partial charge in [0.2, 0.25) is 0 Å². The molecule has 0 radical (unpaired) electrons. The molecule has 0 bridgehead atoms. The van der Waals surface area contributed by atoms with E-state index >= 15 is 0 Å². The van der Waals surface area contributed by atoms with Crippen molar-refractivity contribution in [3.8, 4) is 0 Å². The molecular weight excluding hydrogens is 325 g/mol. The van der Waals surface area contributed by atoms with Gasteiger partial charge in [-0.2, -0.15) is 0 Å². The second-order valence-electron chi connectivity index (χ2n) is 3.94. The average molecular weight is 339 g/mol. The van der Waals surface area contributed by atoms with E-state index < -0.39 is 0 Å². The van der Waals surface area contributed by atoms with E-state index in [9.17, 15) is 4.79 Å². The second kappa shape index (κ2) is 6.00. The summed E-state index contributed by atoms with van der Waals surface area (Å²) in [5.74, 6) is 0. The van der Waals surface area contributed by atoms with Crippen LogP contribution in [-0.2, 0) is 13.0 Å². The molecule has 0 unspecified atom stereocenters. The number of benzene rings is 1. The molecule has 2 nitrogen and oxygen atoms in total. The number of pyridine rings is 1. The molecule has 0 aliphatic carbocycles. The van der Waals surface area contributed by atoms with Gasteiger partial charge in [0.25, 0.3) is 5.56 Å². The van der Waals surface area contributed by atoms with Crippen molar-refractivity contribution in [3.05, 3.63) is 68.1 Å². The molecule has 0 aliphatic rings. The fraction of sp³-hybridized carbons (Fsp3) is 0.214. The standard InChI is InChI=1S/C14H14INO/c15-13-9-5-11-16(14(13)17)10-4-8-12-6-2-1-3-7-12/h1-3,5-7,9,11H,4,8,10H2. The summed E-state index contributed by atoms with van der Waals surface area (Å²) < 4.78 is 2.56. The molecule has 0 fully saturated rings. The summed E-state index contributed by atoms with van der Waals surface area (Å²) >= 11 is 2.08. The molecule has 2 rings (SSSR count). The van der Waals surface area contributed by atoms with Crippen molar-refractivity contribution >= 4 is 22.6 Å². The molecule has 0 aliphatic heterocycles. The minimum Gasteiger partial charge on any atom is -0.315 e. The maximum atomic E-state index is 11.8. The predicted octanol–water partition coefficient (Wildman–Crippen LogP) is 3.09. The summed E-state index contributed by atoms with van der Waals surface area (Å²) in [6.45, 7) is 0.782. The molecule has 17 heavy (non-hydrogen) atoms. The number of halogens is 1. The van der Waals surface area contributed by atoms with Crippen LogP contribution in [0, 0.1) is 3.57 Å². The van der Waals surface area contributed by atoms with Gasteiger partial charge < -0.3 is 4.57 Å². The van der Waals surface area contributed by atoms with Gasteiger partial charge in [-0.25, -0.2) is 0 Å². The van der Waals surface area contributed by atoms with Crippen molar-refractivity contribution in [2.75, 3.05) is 0 Å². The summed E-state index contributed by atoms with van der Waals surface area (Å²) in [6.07, 6.45) is 3.86. The molecule has 0 spiro atoms. The first-order chi connectivity index (χ1) is 8.27. The molecule has 1 heterocycles. The molecule has 1 aromatic carbocycles. The fourth-order valence-corrected chi connectivity index (χ4v) is 2.30. The van der Waals surface area contributed by atoms with Crippen molar-refractivity contribution in [2.45, 2.75) is 19.4 Å². The van der Waals surface area contributed by atoms with Crippen LogP contribution in [0.4, 0.5) is 0 Å². The summed E-state index contributed by atoms with van der Waals surface area (Å²) in [6, 6.07) is 14.1. The fourth-order valence-electron chi connectivity index (χ4n) is 1.78. The summed E-state index contributed by atoms with van der Waals surface area (Å²) in [4.78, 5) is 11.8. The molecule has 0 N–H and O–H groups in total. The highest BCUT2D eigenvalue weighted by atomic mass is 127. The second-order valence-corrected chi connectivity index (χ2v) is 5.11. The van der Waals surface area contributed by atoms with E-state index in [2.05, 4.69) is 34.7 Å². The number of aromatic nitrogens is 1. The maximum Gasteiger partial charge on any atom is 0.263 e. The number of rotatable bonds is 4. The third-order valence-corrected chi connectivity index (χ3v) is 3.50. The Bertz CT molecular complexity index is 533. The van der Waals surface area contributed by atoms with Crippen LogP contribution in [0.1, 0.15) is 12.0 Å². The molecule has 1 aromatic heterocycles. The van der Waals surface area contributed by atoms with Crippen LogP contribution < -0.4 is 5.56 Å². The SMILES string of the molecule is O=c1c(I)cccn1CCCc1ccccc1.